The lowest BCUT2D eigenvalue weighted by Gasteiger charge is -2.34. The largest absolute Gasteiger partial charge is 0.433 e. The van der Waals surface area contributed by atoms with E-state index in [9.17, 15) is 18.0 Å². The molecule has 0 unspecified atom stereocenters. The van der Waals surface area contributed by atoms with Crippen molar-refractivity contribution in [1.29, 1.82) is 0 Å². The minimum Gasteiger partial charge on any atom is -0.336 e. The van der Waals surface area contributed by atoms with Crippen molar-refractivity contribution < 1.29 is 18.0 Å². The number of halogens is 3. The highest BCUT2D eigenvalue weighted by atomic mass is 19.4. The number of fused-ring (bicyclic) bond motifs is 2. The molecule has 3 aromatic carbocycles. The Labute approximate surface area is 223 Å². The van der Waals surface area contributed by atoms with Crippen LogP contribution in [0.15, 0.2) is 79.0 Å². The van der Waals surface area contributed by atoms with Gasteiger partial charge in [-0.25, -0.2) is 9.50 Å². The zero-order chi connectivity index (χ0) is 27.1. The van der Waals surface area contributed by atoms with E-state index in [1.807, 2.05) is 42.5 Å². The van der Waals surface area contributed by atoms with Crippen molar-refractivity contribution in [3.63, 3.8) is 0 Å². The number of amides is 1. The smallest absolute Gasteiger partial charge is 0.336 e. The second kappa shape index (κ2) is 9.81. The Morgan fingerprint density at radius 3 is 2.41 bits per heavy atom. The fourth-order valence-corrected chi connectivity index (χ4v) is 5.21. The van der Waals surface area contributed by atoms with Crippen molar-refractivity contribution in [3.8, 4) is 11.3 Å². The summed E-state index contributed by atoms with van der Waals surface area (Å²) in [7, 11) is 0. The maximum Gasteiger partial charge on any atom is 0.433 e. The van der Waals surface area contributed by atoms with Gasteiger partial charge in [-0.15, -0.1) is 0 Å². The van der Waals surface area contributed by atoms with Gasteiger partial charge in [0.1, 0.15) is 5.56 Å². The first-order valence-electron chi connectivity index (χ1n) is 12.8. The number of hydrogen-bond donors (Lipinski definition) is 0. The highest BCUT2D eigenvalue weighted by Gasteiger charge is 2.36. The van der Waals surface area contributed by atoms with Crippen LogP contribution in [0, 0.1) is 6.92 Å². The van der Waals surface area contributed by atoms with E-state index in [1.165, 1.54) is 17.3 Å². The average Bonchev–Trinajstić information content (AvgIpc) is 3.37. The minimum absolute atomic E-state index is 0.0648. The summed E-state index contributed by atoms with van der Waals surface area (Å²) in [6.07, 6.45) is -3.49. The highest BCUT2D eigenvalue weighted by molar-refractivity contribution is 6.01. The SMILES string of the molecule is Cc1ccccc1CN1CCN(C(=O)c2cnn3c(C(F)(F)F)cc(-c4cccc5ccccc45)nc23)CC1. The first kappa shape index (κ1) is 25.1. The normalized spacial score (nSPS) is 14.8. The third-order valence-electron chi connectivity index (χ3n) is 7.37. The lowest BCUT2D eigenvalue weighted by Crippen LogP contribution is -2.48. The van der Waals surface area contributed by atoms with Gasteiger partial charge >= 0.3 is 6.18 Å². The fraction of sp³-hybridized carbons (Fsp3) is 0.233. The van der Waals surface area contributed by atoms with E-state index >= 15 is 0 Å². The number of rotatable bonds is 4. The summed E-state index contributed by atoms with van der Waals surface area (Å²) >= 11 is 0. The van der Waals surface area contributed by atoms with Gasteiger partial charge in [0.2, 0.25) is 0 Å². The van der Waals surface area contributed by atoms with Crippen molar-refractivity contribution in [3.05, 3.63) is 101 Å². The Balaban J connectivity index is 1.33. The topological polar surface area (TPSA) is 53.7 Å². The van der Waals surface area contributed by atoms with Gasteiger partial charge in [-0.2, -0.15) is 18.3 Å². The molecule has 0 spiro atoms. The van der Waals surface area contributed by atoms with Crippen LogP contribution in [0.4, 0.5) is 13.2 Å². The molecule has 198 valence electrons. The predicted molar refractivity (Wildman–Crippen MR) is 143 cm³/mol. The molecule has 0 bridgehead atoms. The van der Waals surface area contributed by atoms with Crippen LogP contribution >= 0.6 is 0 Å². The van der Waals surface area contributed by atoms with Crippen LogP contribution in [0.2, 0.25) is 0 Å². The third kappa shape index (κ3) is 4.74. The Morgan fingerprint density at radius 2 is 1.64 bits per heavy atom. The Hall–Kier alpha value is -4.24. The molecule has 1 aliphatic heterocycles. The molecule has 1 amide bonds. The zero-order valence-corrected chi connectivity index (χ0v) is 21.3. The van der Waals surface area contributed by atoms with E-state index in [-0.39, 0.29) is 22.8 Å². The van der Waals surface area contributed by atoms with E-state index in [0.29, 0.717) is 31.7 Å². The molecule has 6 rings (SSSR count). The molecule has 1 aliphatic rings. The van der Waals surface area contributed by atoms with E-state index in [4.69, 9.17) is 0 Å². The van der Waals surface area contributed by atoms with Crippen LogP contribution in [0.25, 0.3) is 27.7 Å². The van der Waals surface area contributed by atoms with Crippen LogP contribution in [-0.4, -0.2) is 56.5 Å². The van der Waals surface area contributed by atoms with Crippen molar-refractivity contribution in [2.75, 3.05) is 26.2 Å². The Morgan fingerprint density at radius 1 is 0.923 bits per heavy atom. The van der Waals surface area contributed by atoms with E-state index < -0.39 is 11.9 Å². The summed E-state index contributed by atoms with van der Waals surface area (Å²) in [6.45, 7) is 5.14. The van der Waals surface area contributed by atoms with Gasteiger partial charge in [-0.05, 0) is 34.9 Å². The van der Waals surface area contributed by atoms with Crippen LogP contribution in [0.1, 0.15) is 27.2 Å². The minimum atomic E-state index is -4.69. The maximum atomic E-state index is 14.2. The van der Waals surface area contributed by atoms with Gasteiger partial charge in [0.15, 0.2) is 11.3 Å². The van der Waals surface area contributed by atoms with Crippen LogP contribution < -0.4 is 0 Å². The number of hydrogen-bond acceptors (Lipinski definition) is 4. The quantitative estimate of drug-likeness (QED) is 0.294. The van der Waals surface area contributed by atoms with E-state index in [2.05, 4.69) is 34.0 Å². The lowest BCUT2D eigenvalue weighted by atomic mass is 10.0. The molecule has 0 N–H and O–H groups in total. The fourth-order valence-electron chi connectivity index (χ4n) is 5.21. The van der Waals surface area contributed by atoms with Gasteiger partial charge in [0, 0.05) is 38.3 Å². The zero-order valence-electron chi connectivity index (χ0n) is 21.3. The Bertz CT molecular complexity index is 1680. The van der Waals surface area contributed by atoms with Gasteiger partial charge in [0.25, 0.3) is 5.91 Å². The summed E-state index contributed by atoms with van der Waals surface area (Å²) in [5.41, 5.74) is 2.16. The number of carbonyl (C=O) groups is 1. The molecular formula is C30H26F3N5O. The van der Waals surface area contributed by atoms with Gasteiger partial charge < -0.3 is 4.90 Å². The monoisotopic (exact) mass is 529 g/mol. The lowest BCUT2D eigenvalue weighted by molar-refractivity contribution is -0.142. The number of carbonyl (C=O) groups excluding carboxylic acids is 1. The number of nitrogens with zero attached hydrogens (tertiary/aromatic N) is 5. The second-order valence-corrected chi connectivity index (χ2v) is 9.84. The van der Waals surface area contributed by atoms with Gasteiger partial charge in [0.05, 0.1) is 11.9 Å². The molecule has 0 saturated carbocycles. The molecule has 39 heavy (non-hydrogen) atoms. The first-order valence-corrected chi connectivity index (χ1v) is 12.8. The summed E-state index contributed by atoms with van der Waals surface area (Å²) in [5, 5.41) is 5.62. The number of alkyl halides is 3. The molecule has 2 aromatic heterocycles. The molecule has 1 fully saturated rings. The predicted octanol–water partition coefficient (Wildman–Crippen LogP) is 5.83. The van der Waals surface area contributed by atoms with Crippen molar-refractivity contribution >= 4 is 22.3 Å². The van der Waals surface area contributed by atoms with Crippen molar-refractivity contribution in [2.24, 2.45) is 0 Å². The molecule has 0 aliphatic carbocycles. The molecule has 1 saturated heterocycles. The molecule has 6 nitrogen and oxygen atoms in total. The average molecular weight is 530 g/mol. The molecule has 0 atom stereocenters. The highest BCUT2D eigenvalue weighted by Crippen LogP contribution is 2.35. The van der Waals surface area contributed by atoms with Crippen LogP contribution in [0.5, 0.6) is 0 Å². The van der Waals surface area contributed by atoms with Crippen molar-refractivity contribution in [1.82, 2.24) is 24.4 Å². The number of piperazine rings is 1. The molecule has 5 aromatic rings. The summed E-state index contributed by atoms with van der Waals surface area (Å²) in [6, 6.07) is 22.1. The van der Waals surface area contributed by atoms with Crippen LogP contribution in [0.3, 0.4) is 0 Å². The molecule has 3 heterocycles. The van der Waals surface area contributed by atoms with E-state index in [1.54, 1.807) is 17.0 Å². The maximum absolute atomic E-state index is 14.2. The van der Waals surface area contributed by atoms with E-state index in [0.717, 1.165) is 27.9 Å². The van der Waals surface area contributed by atoms with Crippen molar-refractivity contribution in [2.45, 2.75) is 19.6 Å². The molecule has 0 radical (unpaired) electrons. The van der Waals surface area contributed by atoms with Gasteiger partial charge in [-0.3, -0.25) is 9.69 Å². The third-order valence-corrected chi connectivity index (χ3v) is 7.37. The number of aryl methyl sites for hydroxylation is 1. The Kier molecular flexibility index (Phi) is 6.31. The summed E-state index contributed by atoms with van der Waals surface area (Å²) in [4.78, 5) is 22.1. The standard InChI is InChI=1S/C30H26F3N5O/c1-20-7-2-3-9-22(20)19-36-13-15-37(16-14-36)29(39)25-18-34-38-27(30(31,32)33)17-26(35-28(25)38)24-12-6-10-21-8-4-5-11-23(21)24/h2-12,17-18H,13-16,19H2,1H3. The molecular weight excluding hydrogens is 503 g/mol. The second-order valence-electron chi connectivity index (χ2n) is 9.84. The first-order chi connectivity index (χ1) is 18.8. The summed E-state index contributed by atoms with van der Waals surface area (Å²) < 4.78 is 43.2. The molecule has 9 heteroatoms. The summed E-state index contributed by atoms with van der Waals surface area (Å²) in [5.74, 6) is -0.365. The number of benzene rings is 3. The number of aromatic nitrogens is 3. The van der Waals surface area contributed by atoms with Gasteiger partial charge in [-0.1, -0.05) is 66.7 Å². The van der Waals surface area contributed by atoms with Crippen LogP contribution in [-0.2, 0) is 12.7 Å².